The molecule has 0 saturated carbocycles. The molecule has 0 aliphatic heterocycles. The fraction of sp³-hybridized carbons (Fsp3) is 0.133. The van der Waals surface area contributed by atoms with Crippen LogP contribution in [0.2, 0.25) is 5.02 Å². The van der Waals surface area contributed by atoms with E-state index in [4.69, 9.17) is 27.8 Å². The molecule has 2 aromatic rings. The van der Waals surface area contributed by atoms with E-state index in [0.717, 1.165) is 11.1 Å². The van der Waals surface area contributed by atoms with Gasteiger partial charge >= 0.3 is 0 Å². The molecule has 0 aromatic heterocycles. The van der Waals surface area contributed by atoms with Crippen LogP contribution in [-0.2, 0) is 6.61 Å². The van der Waals surface area contributed by atoms with E-state index in [1.54, 1.807) is 12.1 Å². The molecule has 4 N–H and O–H groups in total. The fourth-order valence-electron chi connectivity index (χ4n) is 1.76. The minimum atomic E-state index is -0.509. The summed E-state index contributed by atoms with van der Waals surface area (Å²) >= 11 is 6.08. The molecule has 2 aromatic carbocycles. The highest BCUT2D eigenvalue weighted by Crippen LogP contribution is 2.26. The van der Waals surface area contributed by atoms with Crippen molar-refractivity contribution in [2.24, 2.45) is 5.73 Å². The Morgan fingerprint density at radius 1 is 1.25 bits per heavy atom. The van der Waals surface area contributed by atoms with Crippen molar-refractivity contribution in [3.05, 3.63) is 58.1 Å². The number of hydrogen-bond donors (Lipinski definition) is 2. The Labute approximate surface area is 122 Å². The van der Waals surface area contributed by atoms with Crippen molar-refractivity contribution in [3.8, 4) is 5.75 Å². The van der Waals surface area contributed by atoms with Crippen LogP contribution in [0.4, 0.5) is 5.69 Å². The third kappa shape index (κ3) is 3.22. The SMILES string of the molecule is Cc1ccc(OCc2ccc(C(N)=O)cc2N)c(Cl)c1. The predicted molar refractivity (Wildman–Crippen MR) is 79.9 cm³/mol. The van der Waals surface area contributed by atoms with Gasteiger partial charge in [-0.3, -0.25) is 4.79 Å². The van der Waals surface area contributed by atoms with Crippen molar-refractivity contribution in [1.82, 2.24) is 0 Å². The lowest BCUT2D eigenvalue weighted by molar-refractivity contribution is 0.100. The number of benzene rings is 2. The van der Waals surface area contributed by atoms with Gasteiger partial charge in [0.05, 0.1) is 5.02 Å². The summed E-state index contributed by atoms with van der Waals surface area (Å²) in [5.74, 6) is 0.0846. The van der Waals surface area contributed by atoms with Crippen LogP contribution in [0.5, 0.6) is 5.75 Å². The molecule has 0 aliphatic carbocycles. The van der Waals surface area contributed by atoms with Crippen LogP contribution in [0.15, 0.2) is 36.4 Å². The second-order valence-electron chi connectivity index (χ2n) is 4.50. The van der Waals surface area contributed by atoms with E-state index in [-0.39, 0.29) is 6.61 Å². The minimum Gasteiger partial charge on any atom is -0.487 e. The zero-order valence-electron chi connectivity index (χ0n) is 11.0. The quantitative estimate of drug-likeness (QED) is 0.850. The Kier molecular flexibility index (Phi) is 4.15. The van der Waals surface area contributed by atoms with Crippen molar-refractivity contribution < 1.29 is 9.53 Å². The first-order chi connectivity index (χ1) is 9.47. The number of carbonyl (C=O) groups is 1. The molecule has 104 valence electrons. The molecule has 0 bridgehead atoms. The smallest absolute Gasteiger partial charge is 0.248 e. The number of ether oxygens (including phenoxy) is 1. The topological polar surface area (TPSA) is 78.3 Å². The summed E-state index contributed by atoms with van der Waals surface area (Å²) in [7, 11) is 0. The van der Waals surface area contributed by atoms with Gasteiger partial charge in [-0.15, -0.1) is 0 Å². The van der Waals surface area contributed by atoms with Gasteiger partial charge in [0.15, 0.2) is 0 Å². The highest BCUT2D eigenvalue weighted by atomic mass is 35.5. The van der Waals surface area contributed by atoms with Crippen LogP contribution in [0, 0.1) is 6.92 Å². The number of aryl methyl sites for hydroxylation is 1. The van der Waals surface area contributed by atoms with Crippen molar-refractivity contribution in [2.75, 3.05) is 5.73 Å². The van der Waals surface area contributed by atoms with Gasteiger partial charge < -0.3 is 16.2 Å². The molecule has 0 radical (unpaired) electrons. The number of carbonyl (C=O) groups excluding carboxylic acids is 1. The van der Waals surface area contributed by atoms with Gasteiger partial charge in [0, 0.05) is 16.8 Å². The summed E-state index contributed by atoms with van der Waals surface area (Å²) < 4.78 is 5.63. The van der Waals surface area contributed by atoms with Crippen LogP contribution in [0.25, 0.3) is 0 Å². The van der Waals surface area contributed by atoms with Crippen LogP contribution in [-0.4, -0.2) is 5.91 Å². The molecule has 0 unspecified atom stereocenters. The summed E-state index contributed by atoms with van der Waals surface area (Å²) in [4.78, 5) is 11.0. The number of anilines is 1. The molecule has 20 heavy (non-hydrogen) atoms. The summed E-state index contributed by atoms with van der Waals surface area (Å²) in [6, 6.07) is 10.4. The van der Waals surface area contributed by atoms with Crippen LogP contribution < -0.4 is 16.2 Å². The second-order valence-corrected chi connectivity index (χ2v) is 4.91. The van der Waals surface area contributed by atoms with Crippen molar-refractivity contribution >= 4 is 23.2 Å². The van der Waals surface area contributed by atoms with E-state index >= 15 is 0 Å². The zero-order chi connectivity index (χ0) is 14.7. The average Bonchev–Trinajstić information content (AvgIpc) is 2.38. The number of hydrogen-bond acceptors (Lipinski definition) is 3. The molecular weight excluding hydrogens is 276 g/mol. The van der Waals surface area contributed by atoms with Crippen molar-refractivity contribution in [2.45, 2.75) is 13.5 Å². The van der Waals surface area contributed by atoms with Crippen LogP contribution in [0.3, 0.4) is 0 Å². The van der Waals surface area contributed by atoms with Crippen molar-refractivity contribution in [1.29, 1.82) is 0 Å². The molecule has 2 rings (SSSR count). The van der Waals surface area contributed by atoms with Crippen molar-refractivity contribution in [3.63, 3.8) is 0 Å². The summed E-state index contributed by atoms with van der Waals surface area (Å²) in [5.41, 5.74) is 13.7. The summed E-state index contributed by atoms with van der Waals surface area (Å²) in [6.45, 7) is 2.23. The van der Waals surface area contributed by atoms with Gasteiger partial charge in [-0.1, -0.05) is 23.7 Å². The van der Waals surface area contributed by atoms with E-state index in [1.165, 1.54) is 6.07 Å². The van der Waals surface area contributed by atoms with Gasteiger partial charge in [-0.2, -0.15) is 0 Å². The maximum Gasteiger partial charge on any atom is 0.248 e. The maximum absolute atomic E-state index is 11.0. The van der Waals surface area contributed by atoms with E-state index in [1.807, 2.05) is 25.1 Å². The van der Waals surface area contributed by atoms with Crippen LogP contribution >= 0.6 is 11.6 Å². The Morgan fingerprint density at radius 2 is 2.00 bits per heavy atom. The van der Waals surface area contributed by atoms with E-state index in [0.29, 0.717) is 22.0 Å². The Balaban J connectivity index is 2.13. The summed E-state index contributed by atoms with van der Waals surface area (Å²) in [5, 5.41) is 0.553. The monoisotopic (exact) mass is 290 g/mol. The number of nitrogen functional groups attached to an aromatic ring is 1. The third-order valence-electron chi connectivity index (χ3n) is 2.90. The Morgan fingerprint density at radius 3 is 2.60 bits per heavy atom. The van der Waals surface area contributed by atoms with E-state index < -0.39 is 5.91 Å². The lowest BCUT2D eigenvalue weighted by atomic mass is 10.1. The lowest BCUT2D eigenvalue weighted by Crippen LogP contribution is -2.12. The highest BCUT2D eigenvalue weighted by Gasteiger charge is 2.07. The first kappa shape index (κ1) is 14.2. The fourth-order valence-corrected chi connectivity index (χ4v) is 2.05. The van der Waals surface area contributed by atoms with Crippen LogP contribution in [0.1, 0.15) is 21.5 Å². The molecule has 4 nitrogen and oxygen atoms in total. The lowest BCUT2D eigenvalue weighted by Gasteiger charge is -2.11. The molecule has 5 heteroatoms. The minimum absolute atomic E-state index is 0.271. The highest BCUT2D eigenvalue weighted by molar-refractivity contribution is 6.32. The molecule has 0 saturated heterocycles. The van der Waals surface area contributed by atoms with Gasteiger partial charge in [0.25, 0.3) is 0 Å². The normalized spacial score (nSPS) is 10.3. The first-order valence-electron chi connectivity index (χ1n) is 6.04. The predicted octanol–water partition coefficient (Wildman–Crippen LogP) is 2.91. The molecule has 0 fully saturated rings. The van der Waals surface area contributed by atoms with E-state index in [2.05, 4.69) is 0 Å². The molecule has 1 amide bonds. The largest absolute Gasteiger partial charge is 0.487 e. The van der Waals surface area contributed by atoms with Gasteiger partial charge in [-0.25, -0.2) is 0 Å². The molecule has 0 aliphatic rings. The Hall–Kier alpha value is -2.20. The number of amides is 1. The second kappa shape index (κ2) is 5.84. The standard InChI is InChI=1S/C15H15ClN2O2/c1-9-2-5-14(12(16)6-9)20-8-11-4-3-10(15(18)19)7-13(11)17/h2-7H,8,17H2,1H3,(H2,18,19). The molecule has 0 heterocycles. The first-order valence-corrected chi connectivity index (χ1v) is 6.42. The Bertz CT molecular complexity index is 656. The van der Waals surface area contributed by atoms with E-state index in [9.17, 15) is 4.79 Å². The maximum atomic E-state index is 11.0. The summed E-state index contributed by atoms with van der Waals surface area (Å²) in [6.07, 6.45) is 0. The number of halogens is 1. The number of primary amides is 1. The molecule has 0 atom stereocenters. The number of rotatable bonds is 4. The average molecular weight is 291 g/mol. The van der Waals surface area contributed by atoms with Gasteiger partial charge in [0.2, 0.25) is 5.91 Å². The van der Waals surface area contributed by atoms with Gasteiger partial charge in [-0.05, 0) is 36.8 Å². The molecular formula is C15H15ClN2O2. The van der Waals surface area contributed by atoms with Gasteiger partial charge in [0.1, 0.15) is 12.4 Å². The number of nitrogens with two attached hydrogens (primary N) is 2. The molecule has 0 spiro atoms. The zero-order valence-corrected chi connectivity index (χ0v) is 11.8. The third-order valence-corrected chi connectivity index (χ3v) is 3.20.